The normalized spacial score (nSPS) is 15.5. The second-order valence-electron chi connectivity index (χ2n) is 5.12. The summed E-state index contributed by atoms with van der Waals surface area (Å²) in [6, 6.07) is 9.57. The summed E-state index contributed by atoms with van der Waals surface area (Å²) in [6.45, 7) is 0. The summed E-state index contributed by atoms with van der Waals surface area (Å²) in [7, 11) is 2.05. The highest BCUT2D eigenvalue weighted by Crippen LogP contribution is 2.30. The Morgan fingerprint density at radius 1 is 1.26 bits per heavy atom. The summed E-state index contributed by atoms with van der Waals surface area (Å²) >= 11 is 5.46. The molecule has 0 bridgehead atoms. The molecule has 0 aliphatic heterocycles. The van der Waals surface area contributed by atoms with Crippen LogP contribution in [0, 0.1) is 0 Å². The van der Waals surface area contributed by atoms with Crippen LogP contribution in [0.15, 0.2) is 34.1 Å². The molecular formula is C16H18BrNS. The Hall–Kier alpha value is -0.640. The molecule has 1 heterocycles. The van der Waals surface area contributed by atoms with Gasteiger partial charge in [0.05, 0.1) is 0 Å². The summed E-state index contributed by atoms with van der Waals surface area (Å²) in [5, 5.41) is 5.61. The molecule has 0 fully saturated rings. The molecular weight excluding hydrogens is 318 g/mol. The lowest BCUT2D eigenvalue weighted by Gasteiger charge is -2.17. The smallest absolute Gasteiger partial charge is 0.0366 e. The third-order valence-corrected chi connectivity index (χ3v) is 5.90. The van der Waals surface area contributed by atoms with Gasteiger partial charge < -0.3 is 5.32 Å². The number of benzene rings is 1. The molecule has 1 N–H and O–H groups in total. The molecule has 3 rings (SSSR count). The van der Waals surface area contributed by atoms with Gasteiger partial charge in [0.25, 0.3) is 0 Å². The van der Waals surface area contributed by atoms with E-state index in [0.29, 0.717) is 6.04 Å². The van der Waals surface area contributed by atoms with Crippen LogP contribution >= 0.6 is 27.3 Å². The van der Waals surface area contributed by atoms with Crippen LogP contribution < -0.4 is 5.32 Å². The highest BCUT2D eigenvalue weighted by Gasteiger charge is 2.16. The molecule has 1 atom stereocenters. The summed E-state index contributed by atoms with van der Waals surface area (Å²) in [5.41, 5.74) is 4.53. The van der Waals surface area contributed by atoms with Gasteiger partial charge in [0, 0.05) is 21.8 Å². The Kier molecular flexibility index (Phi) is 4.06. The van der Waals surface area contributed by atoms with Gasteiger partial charge in [-0.05, 0) is 70.4 Å². The fraction of sp³-hybridized carbons (Fsp3) is 0.375. The number of aryl methyl sites for hydroxylation is 2. The quantitative estimate of drug-likeness (QED) is 0.867. The van der Waals surface area contributed by atoms with Crippen molar-refractivity contribution in [3.8, 4) is 0 Å². The first-order valence-corrected chi connectivity index (χ1v) is 8.46. The second kappa shape index (κ2) is 5.78. The highest BCUT2D eigenvalue weighted by molar-refractivity contribution is 9.10. The molecule has 0 amide bonds. The molecule has 3 heteroatoms. The summed E-state index contributed by atoms with van der Waals surface area (Å²) < 4.78 is 1.24. The first-order valence-electron chi connectivity index (χ1n) is 6.79. The second-order valence-corrected chi connectivity index (χ2v) is 6.97. The van der Waals surface area contributed by atoms with Gasteiger partial charge >= 0.3 is 0 Å². The minimum Gasteiger partial charge on any atom is -0.313 e. The zero-order valence-electron chi connectivity index (χ0n) is 11.1. The zero-order valence-corrected chi connectivity index (χ0v) is 13.5. The van der Waals surface area contributed by atoms with Gasteiger partial charge in [-0.15, -0.1) is 11.3 Å². The van der Waals surface area contributed by atoms with Crippen molar-refractivity contribution < 1.29 is 0 Å². The summed E-state index contributed by atoms with van der Waals surface area (Å²) in [4.78, 5) is 1.42. The predicted octanol–water partition coefficient (Wildman–Crippen LogP) is 4.50. The van der Waals surface area contributed by atoms with Crippen molar-refractivity contribution in [2.75, 3.05) is 7.05 Å². The molecule has 1 aliphatic rings. The van der Waals surface area contributed by atoms with Crippen molar-refractivity contribution in [2.24, 2.45) is 0 Å². The van der Waals surface area contributed by atoms with E-state index in [9.17, 15) is 0 Å². The van der Waals surface area contributed by atoms with Crippen molar-refractivity contribution >= 4 is 27.3 Å². The maximum atomic E-state index is 3.63. The van der Waals surface area contributed by atoms with Gasteiger partial charge in [0.15, 0.2) is 0 Å². The summed E-state index contributed by atoms with van der Waals surface area (Å²) in [5.74, 6) is 0. The summed E-state index contributed by atoms with van der Waals surface area (Å²) in [6.07, 6.45) is 4.88. The van der Waals surface area contributed by atoms with Crippen LogP contribution in [0.2, 0.25) is 0 Å². The number of nitrogens with one attached hydrogen (secondary N) is 1. The first kappa shape index (κ1) is 13.3. The third-order valence-electron chi connectivity index (χ3n) is 3.95. The van der Waals surface area contributed by atoms with E-state index in [1.54, 1.807) is 11.1 Å². The molecule has 1 aromatic heterocycles. The van der Waals surface area contributed by atoms with Crippen molar-refractivity contribution in [1.29, 1.82) is 0 Å². The number of hydrogen-bond acceptors (Lipinski definition) is 2. The SMILES string of the molecule is CNC(Cc1sccc1Br)c1ccc2c(c1)CCC2. The Morgan fingerprint density at radius 3 is 2.84 bits per heavy atom. The predicted molar refractivity (Wildman–Crippen MR) is 86.0 cm³/mol. The monoisotopic (exact) mass is 335 g/mol. The van der Waals surface area contributed by atoms with Crippen LogP contribution in [0.5, 0.6) is 0 Å². The minimum absolute atomic E-state index is 0.404. The molecule has 0 radical (unpaired) electrons. The molecule has 1 nitrogen and oxygen atoms in total. The van der Waals surface area contributed by atoms with E-state index in [4.69, 9.17) is 0 Å². The molecule has 1 aliphatic carbocycles. The van der Waals surface area contributed by atoms with E-state index in [0.717, 1.165) is 6.42 Å². The van der Waals surface area contributed by atoms with Gasteiger partial charge in [-0.3, -0.25) is 0 Å². The van der Waals surface area contributed by atoms with Crippen LogP contribution in [0.4, 0.5) is 0 Å². The average molecular weight is 336 g/mol. The van der Waals surface area contributed by atoms with Gasteiger partial charge in [0.2, 0.25) is 0 Å². The fourth-order valence-corrected chi connectivity index (χ4v) is 4.41. The number of hydrogen-bond donors (Lipinski definition) is 1. The van der Waals surface area contributed by atoms with E-state index in [2.05, 4.69) is 57.9 Å². The zero-order chi connectivity index (χ0) is 13.2. The molecule has 0 saturated carbocycles. The van der Waals surface area contributed by atoms with Crippen molar-refractivity contribution in [2.45, 2.75) is 31.7 Å². The topological polar surface area (TPSA) is 12.0 Å². The van der Waals surface area contributed by atoms with E-state index < -0.39 is 0 Å². The van der Waals surface area contributed by atoms with Gasteiger partial charge in [-0.1, -0.05) is 18.2 Å². The average Bonchev–Trinajstić information content (AvgIpc) is 3.04. The van der Waals surface area contributed by atoms with Gasteiger partial charge in [0.1, 0.15) is 0 Å². The minimum atomic E-state index is 0.404. The molecule has 2 aromatic rings. The van der Waals surface area contributed by atoms with Gasteiger partial charge in [-0.25, -0.2) is 0 Å². The Labute approximate surface area is 127 Å². The van der Waals surface area contributed by atoms with Crippen LogP contribution in [0.3, 0.4) is 0 Å². The first-order chi connectivity index (χ1) is 9.28. The number of thiophene rings is 1. The molecule has 19 heavy (non-hydrogen) atoms. The number of likely N-dealkylation sites (N-methyl/N-ethyl adjacent to an activating group) is 1. The fourth-order valence-electron chi connectivity index (χ4n) is 2.85. The van der Waals surface area contributed by atoms with Crippen LogP contribution in [0.25, 0.3) is 0 Å². The van der Waals surface area contributed by atoms with Crippen LogP contribution in [0.1, 0.15) is 34.0 Å². The van der Waals surface area contributed by atoms with Crippen molar-refractivity contribution in [3.63, 3.8) is 0 Å². The Balaban J connectivity index is 1.84. The van der Waals surface area contributed by atoms with E-state index in [1.165, 1.54) is 34.2 Å². The molecule has 0 spiro atoms. The largest absolute Gasteiger partial charge is 0.313 e. The molecule has 1 unspecified atom stereocenters. The molecule has 100 valence electrons. The molecule has 1 aromatic carbocycles. The van der Waals surface area contributed by atoms with Gasteiger partial charge in [-0.2, -0.15) is 0 Å². The van der Waals surface area contributed by atoms with E-state index in [-0.39, 0.29) is 0 Å². The van der Waals surface area contributed by atoms with Crippen LogP contribution in [-0.2, 0) is 19.3 Å². The number of halogens is 1. The van der Waals surface area contributed by atoms with E-state index in [1.807, 2.05) is 11.3 Å². The highest BCUT2D eigenvalue weighted by atomic mass is 79.9. The van der Waals surface area contributed by atoms with Crippen LogP contribution in [-0.4, -0.2) is 7.05 Å². The van der Waals surface area contributed by atoms with Crippen molar-refractivity contribution in [3.05, 3.63) is 55.7 Å². The standard InChI is InChI=1S/C16H18BrNS/c1-18-15(10-16-14(17)7-8-19-16)13-6-5-11-3-2-4-12(11)9-13/h5-9,15,18H,2-4,10H2,1H3. The lowest BCUT2D eigenvalue weighted by molar-refractivity contribution is 0.595. The lowest BCUT2D eigenvalue weighted by atomic mass is 9.98. The Morgan fingerprint density at radius 2 is 2.11 bits per heavy atom. The number of rotatable bonds is 4. The Bertz CT molecular complexity index is 576. The lowest BCUT2D eigenvalue weighted by Crippen LogP contribution is -2.18. The maximum absolute atomic E-state index is 3.63. The van der Waals surface area contributed by atoms with E-state index >= 15 is 0 Å². The number of fused-ring (bicyclic) bond motifs is 1. The maximum Gasteiger partial charge on any atom is 0.0366 e. The van der Waals surface area contributed by atoms with Crippen molar-refractivity contribution in [1.82, 2.24) is 5.32 Å². The molecule has 0 saturated heterocycles. The third kappa shape index (κ3) is 2.78.